The molecular weight excluding hydrogens is 418 g/mol. The molecule has 0 spiro atoms. The highest BCUT2D eigenvalue weighted by Crippen LogP contribution is 2.14. The number of rotatable bonds is 25. The van der Waals surface area contributed by atoms with Gasteiger partial charge in [0.1, 0.15) is 0 Å². The number of quaternary nitrogens is 2. The molecule has 0 saturated heterocycles. The minimum absolute atomic E-state index is 0. The van der Waals surface area contributed by atoms with Gasteiger partial charge < -0.3 is 37.4 Å². The van der Waals surface area contributed by atoms with Crippen LogP contribution < -0.4 is 27.8 Å². The van der Waals surface area contributed by atoms with E-state index < -0.39 is 24.4 Å². The molecule has 7 nitrogen and oxygen atoms in total. The standard InChI is InChI=1S/C26H51NO4.2H3N/c1-2-3-4-5-6-7-8-9-10-11-12-13-14-15-16-17-18-19-20-21-22-27-24(26(30)31)23-25(28)29;;/h24,27H,2-23H2,1H3,(H,28,29)(H,30,31);2*1H3/t24-;;/m0../s1. The van der Waals surface area contributed by atoms with E-state index in [0.717, 1.165) is 19.3 Å². The van der Waals surface area contributed by atoms with Crippen molar-refractivity contribution in [3.63, 3.8) is 0 Å². The summed E-state index contributed by atoms with van der Waals surface area (Å²) in [7, 11) is 0. The molecule has 0 unspecified atom stereocenters. The fourth-order valence-electron chi connectivity index (χ4n) is 4.06. The first-order valence-electron chi connectivity index (χ1n) is 13.2. The van der Waals surface area contributed by atoms with Crippen LogP contribution in [0.2, 0.25) is 0 Å². The van der Waals surface area contributed by atoms with E-state index >= 15 is 0 Å². The summed E-state index contributed by atoms with van der Waals surface area (Å²) < 4.78 is 0. The zero-order valence-corrected chi connectivity index (χ0v) is 22.3. The summed E-state index contributed by atoms with van der Waals surface area (Å²) in [5.74, 6) is -2.75. The van der Waals surface area contributed by atoms with Crippen LogP contribution in [0.25, 0.3) is 0 Å². The molecule has 9 N–H and O–H groups in total. The van der Waals surface area contributed by atoms with Crippen molar-refractivity contribution in [2.24, 2.45) is 0 Å². The summed E-state index contributed by atoms with van der Waals surface area (Å²) in [6, 6.07) is -1.15. The molecule has 200 valence electrons. The van der Waals surface area contributed by atoms with Gasteiger partial charge >= 0.3 is 0 Å². The summed E-state index contributed by atoms with van der Waals surface area (Å²) >= 11 is 0. The van der Waals surface area contributed by atoms with Gasteiger partial charge in [-0.15, -0.1) is 0 Å². The van der Waals surface area contributed by atoms with E-state index in [9.17, 15) is 19.8 Å². The maximum Gasteiger partial charge on any atom is 0.0588 e. The third kappa shape index (κ3) is 28.8. The first-order chi connectivity index (χ1) is 15.1. The van der Waals surface area contributed by atoms with Crippen LogP contribution in [-0.2, 0) is 9.59 Å². The largest absolute Gasteiger partial charge is 0.550 e. The van der Waals surface area contributed by atoms with Crippen molar-refractivity contribution in [2.45, 2.75) is 148 Å². The number of carboxylic acids is 2. The Morgan fingerprint density at radius 2 is 0.879 bits per heavy atom. The Bertz CT molecular complexity index is 422. The normalized spacial score (nSPS) is 11.4. The van der Waals surface area contributed by atoms with Crippen molar-refractivity contribution in [2.75, 3.05) is 6.54 Å². The topological polar surface area (TPSA) is 165 Å². The molecule has 33 heavy (non-hydrogen) atoms. The Morgan fingerprint density at radius 1 is 0.576 bits per heavy atom. The average molecular weight is 476 g/mol. The summed E-state index contributed by atoms with van der Waals surface area (Å²) in [5.41, 5.74) is 0. The second-order valence-corrected chi connectivity index (χ2v) is 9.12. The second kappa shape index (κ2) is 28.9. The van der Waals surface area contributed by atoms with Crippen molar-refractivity contribution in [1.29, 1.82) is 0 Å². The fraction of sp³-hybridized carbons (Fsp3) is 0.923. The second-order valence-electron chi connectivity index (χ2n) is 9.12. The number of hydrogen-bond donors (Lipinski definition) is 3. The van der Waals surface area contributed by atoms with Gasteiger partial charge in [0.05, 0.1) is 12.0 Å². The molecular formula is C26H57N3O4. The molecule has 0 saturated carbocycles. The SMILES string of the molecule is CCCCCCCCCCCCCCCCCCCCCCN[C@@H](CC(=O)[O-])C(=O)[O-].[NH4+].[NH4+]. The zero-order chi connectivity index (χ0) is 23.0. The van der Waals surface area contributed by atoms with Gasteiger partial charge in [0.2, 0.25) is 0 Å². The van der Waals surface area contributed by atoms with Crippen LogP contribution in [-0.4, -0.2) is 24.5 Å². The molecule has 0 amide bonds. The quantitative estimate of drug-likeness (QED) is 0.150. The minimum Gasteiger partial charge on any atom is -0.550 e. The minimum atomic E-state index is -1.38. The maximum absolute atomic E-state index is 10.8. The van der Waals surface area contributed by atoms with Crippen molar-refractivity contribution >= 4 is 11.9 Å². The third-order valence-electron chi connectivity index (χ3n) is 6.08. The third-order valence-corrected chi connectivity index (χ3v) is 6.08. The lowest BCUT2D eigenvalue weighted by atomic mass is 10.0. The maximum atomic E-state index is 10.8. The van der Waals surface area contributed by atoms with Gasteiger partial charge in [-0.3, -0.25) is 0 Å². The molecule has 0 aromatic carbocycles. The van der Waals surface area contributed by atoms with Gasteiger partial charge in [-0.25, -0.2) is 0 Å². The van der Waals surface area contributed by atoms with Gasteiger partial charge in [0, 0.05) is 12.4 Å². The van der Waals surface area contributed by atoms with Crippen LogP contribution >= 0.6 is 0 Å². The Morgan fingerprint density at radius 3 is 1.15 bits per heavy atom. The van der Waals surface area contributed by atoms with E-state index in [4.69, 9.17) is 0 Å². The highest BCUT2D eigenvalue weighted by molar-refractivity contribution is 5.78. The van der Waals surface area contributed by atoms with Crippen LogP contribution in [0.4, 0.5) is 0 Å². The first kappa shape index (κ1) is 36.4. The van der Waals surface area contributed by atoms with Gasteiger partial charge in [0.15, 0.2) is 0 Å². The lowest BCUT2D eigenvalue weighted by molar-refractivity contribution is -0.317. The van der Waals surface area contributed by atoms with Crippen molar-refractivity contribution in [1.82, 2.24) is 17.6 Å². The highest BCUT2D eigenvalue weighted by Gasteiger charge is 2.08. The summed E-state index contributed by atoms with van der Waals surface area (Å²) in [6.07, 6.45) is 26.0. The summed E-state index contributed by atoms with van der Waals surface area (Å²) in [4.78, 5) is 21.3. The van der Waals surface area contributed by atoms with Gasteiger partial charge in [0.25, 0.3) is 0 Å². The molecule has 0 aromatic heterocycles. The van der Waals surface area contributed by atoms with Gasteiger partial charge in [-0.05, 0) is 13.0 Å². The molecule has 1 atom stereocenters. The van der Waals surface area contributed by atoms with E-state index in [0.29, 0.717) is 6.54 Å². The number of carbonyl (C=O) groups excluding carboxylic acids is 2. The van der Waals surface area contributed by atoms with E-state index in [1.165, 1.54) is 109 Å². The number of nitrogens with one attached hydrogen (secondary N) is 1. The molecule has 0 fully saturated rings. The molecule has 0 heterocycles. The molecule has 0 radical (unpaired) electrons. The lowest BCUT2D eigenvalue weighted by Crippen LogP contribution is -2.48. The molecule has 0 rings (SSSR count). The summed E-state index contributed by atoms with van der Waals surface area (Å²) in [6.45, 7) is 2.78. The Kier molecular flexibility index (Phi) is 31.8. The van der Waals surface area contributed by atoms with E-state index in [1.54, 1.807) is 0 Å². The average Bonchev–Trinajstić information content (AvgIpc) is 2.73. The summed E-state index contributed by atoms with van der Waals surface area (Å²) in [5, 5.41) is 24.0. The van der Waals surface area contributed by atoms with Crippen molar-refractivity contribution in [3.8, 4) is 0 Å². The van der Waals surface area contributed by atoms with E-state index in [-0.39, 0.29) is 12.3 Å². The predicted octanol–water partition coefficient (Wildman–Crippen LogP) is 5.41. The molecule has 0 aliphatic heterocycles. The smallest absolute Gasteiger partial charge is 0.0588 e. The fourth-order valence-corrected chi connectivity index (χ4v) is 4.06. The molecule has 0 bridgehead atoms. The van der Waals surface area contributed by atoms with Gasteiger partial charge in [-0.1, -0.05) is 129 Å². The van der Waals surface area contributed by atoms with Gasteiger partial charge in [-0.2, -0.15) is 0 Å². The van der Waals surface area contributed by atoms with Crippen LogP contribution in [0, 0.1) is 0 Å². The highest BCUT2D eigenvalue weighted by atomic mass is 16.4. The predicted molar refractivity (Wildman–Crippen MR) is 136 cm³/mol. The zero-order valence-electron chi connectivity index (χ0n) is 22.3. The Balaban J connectivity index is -0.00000450. The van der Waals surface area contributed by atoms with Crippen LogP contribution in [0.1, 0.15) is 142 Å². The first-order valence-corrected chi connectivity index (χ1v) is 13.2. The van der Waals surface area contributed by atoms with Crippen LogP contribution in [0.5, 0.6) is 0 Å². The molecule has 0 aromatic rings. The molecule has 0 aliphatic carbocycles. The number of aliphatic carboxylic acids is 2. The number of unbranched alkanes of at least 4 members (excludes halogenated alkanes) is 19. The van der Waals surface area contributed by atoms with Crippen LogP contribution in [0.3, 0.4) is 0 Å². The van der Waals surface area contributed by atoms with E-state index in [2.05, 4.69) is 12.2 Å². The number of carboxylic acid groups (broad SMARTS) is 2. The van der Waals surface area contributed by atoms with Crippen molar-refractivity contribution in [3.05, 3.63) is 0 Å². The Hall–Kier alpha value is -1.18. The molecule has 0 aliphatic rings. The van der Waals surface area contributed by atoms with E-state index in [1.807, 2.05) is 0 Å². The van der Waals surface area contributed by atoms with Crippen LogP contribution in [0.15, 0.2) is 0 Å². The molecule has 7 heteroatoms. The number of hydrogen-bond acceptors (Lipinski definition) is 5. The Labute approximate surface area is 204 Å². The monoisotopic (exact) mass is 475 g/mol. The number of carbonyl (C=O) groups is 2. The lowest BCUT2D eigenvalue weighted by Gasteiger charge is -2.20. The van der Waals surface area contributed by atoms with Crippen molar-refractivity contribution < 1.29 is 19.8 Å².